The van der Waals surface area contributed by atoms with Crippen LogP contribution in [0.1, 0.15) is 41.4 Å². The van der Waals surface area contributed by atoms with E-state index >= 15 is 0 Å². The minimum atomic E-state index is -0.900. The number of ether oxygens (including phenoxy) is 2. The Kier molecular flexibility index (Phi) is 4.19. The van der Waals surface area contributed by atoms with Gasteiger partial charge < -0.3 is 14.0 Å². The Morgan fingerprint density at radius 2 is 1.41 bits per heavy atom. The van der Waals surface area contributed by atoms with Crippen molar-refractivity contribution >= 4 is 40.3 Å². The second-order valence-corrected chi connectivity index (χ2v) is 6.45. The van der Waals surface area contributed by atoms with E-state index in [0.717, 1.165) is 12.0 Å². The van der Waals surface area contributed by atoms with Crippen LogP contribution in [0, 0.1) is 0 Å². The van der Waals surface area contributed by atoms with Gasteiger partial charge in [-0.1, -0.05) is 18.2 Å². The average molecular weight is 392 g/mol. The summed E-state index contributed by atoms with van der Waals surface area (Å²) in [4.78, 5) is 52.8. The Bertz CT molecular complexity index is 1210. The SMILES string of the molecule is COC(=O)c1c2c(c3c(ccn3C)c1C(=O)OC)C(=O)N(c1ccccc1)C2=O. The highest BCUT2D eigenvalue weighted by molar-refractivity contribution is 6.40. The third kappa shape index (κ3) is 2.46. The number of anilines is 1. The lowest BCUT2D eigenvalue weighted by Gasteiger charge is -2.13. The van der Waals surface area contributed by atoms with Crippen molar-refractivity contribution in [2.24, 2.45) is 7.05 Å². The average Bonchev–Trinajstić information content (AvgIpc) is 3.23. The number of nitrogens with zero attached hydrogens (tertiary/aromatic N) is 2. The zero-order chi connectivity index (χ0) is 20.9. The molecule has 0 bridgehead atoms. The van der Waals surface area contributed by atoms with Crippen molar-refractivity contribution in [3.63, 3.8) is 0 Å². The lowest BCUT2D eigenvalue weighted by atomic mass is 9.93. The van der Waals surface area contributed by atoms with Crippen molar-refractivity contribution in [2.75, 3.05) is 19.1 Å². The normalized spacial score (nSPS) is 13.0. The summed E-state index contributed by atoms with van der Waals surface area (Å²) in [7, 11) is 4.00. The molecule has 0 fully saturated rings. The molecule has 146 valence electrons. The number of carbonyl (C=O) groups is 4. The third-order valence-corrected chi connectivity index (χ3v) is 4.96. The minimum Gasteiger partial charge on any atom is -0.465 e. The number of aromatic nitrogens is 1. The molecule has 1 aliphatic heterocycles. The van der Waals surface area contributed by atoms with Crippen molar-refractivity contribution in [3.8, 4) is 0 Å². The van der Waals surface area contributed by atoms with Gasteiger partial charge in [-0.05, 0) is 18.2 Å². The van der Waals surface area contributed by atoms with E-state index in [1.54, 1.807) is 54.2 Å². The molecule has 0 unspecified atom stereocenters. The topological polar surface area (TPSA) is 94.9 Å². The number of benzene rings is 2. The highest BCUT2D eigenvalue weighted by Gasteiger charge is 2.45. The number of imide groups is 1. The zero-order valence-electron chi connectivity index (χ0n) is 15.9. The summed E-state index contributed by atoms with van der Waals surface area (Å²) in [5.74, 6) is -2.99. The Hall–Kier alpha value is -3.94. The predicted molar refractivity (Wildman–Crippen MR) is 103 cm³/mol. The molecule has 0 aliphatic carbocycles. The van der Waals surface area contributed by atoms with E-state index < -0.39 is 23.8 Å². The van der Waals surface area contributed by atoms with Crippen molar-refractivity contribution in [1.82, 2.24) is 4.57 Å². The molecule has 1 aliphatic rings. The largest absolute Gasteiger partial charge is 0.465 e. The zero-order valence-corrected chi connectivity index (χ0v) is 15.9. The smallest absolute Gasteiger partial charge is 0.339 e. The summed E-state index contributed by atoms with van der Waals surface area (Å²) in [6.07, 6.45) is 1.64. The quantitative estimate of drug-likeness (QED) is 0.502. The maximum Gasteiger partial charge on any atom is 0.339 e. The van der Waals surface area contributed by atoms with Crippen LogP contribution < -0.4 is 4.90 Å². The van der Waals surface area contributed by atoms with E-state index in [1.807, 2.05) is 0 Å². The maximum absolute atomic E-state index is 13.3. The van der Waals surface area contributed by atoms with Crippen molar-refractivity contribution in [3.05, 3.63) is 64.8 Å². The van der Waals surface area contributed by atoms with Crippen LogP contribution in [0.25, 0.3) is 10.9 Å². The minimum absolute atomic E-state index is 0.0504. The van der Waals surface area contributed by atoms with Crippen LogP contribution in [0.2, 0.25) is 0 Å². The van der Waals surface area contributed by atoms with Gasteiger partial charge in [0.05, 0.1) is 47.7 Å². The molecule has 0 spiro atoms. The molecule has 29 heavy (non-hydrogen) atoms. The fraction of sp³-hybridized carbons (Fsp3) is 0.143. The Labute approximate surface area is 165 Å². The number of hydrogen-bond acceptors (Lipinski definition) is 6. The lowest BCUT2D eigenvalue weighted by molar-refractivity contribution is 0.0555. The van der Waals surface area contributed by atoms with Crippen molar-refractivity contribution in [2.45, 2.75) is 0 Å². The number of amides is 2. The van der Waals surface area contributed by atoms with Crippen LogP contribution in [0.4, 0.5) is 5.69 Å². The molecular weight excluding hydrogens is 376 g/mol. The molecule has 0 saturated heterocycles. The van der Waals surface area contributed by atoms with Gasteiger partial charge in [0.2, 0.25) is 0 Å². The van der Waals surface area contributed by atoms with Gasteiger partial charge in [0.1, 0.15) is 0 Å². The van der Waals surface area contributed by atoms with E-state index in [1.165, 1.54) is 7.11 Å². The van der Waals surface area contributed by atoms with E-state index in [4.69, 9.17) is 9.47 Å². The second kappa shape index (κ2) is 6.59. The van der Waals surface area contributed by atoms with Gasteiger partial charge in [0.15, 0.2) is 0 Å². The Morgan fingerprint density at radius 3 is 2.03 bits per heavy atom. The fourth-order valence-corrected chi connectivity index (χ4v) is 3.72. The van der Waals surface area contributed by atoms with Gasteiger partial charge in [-0.3, -0.25) is 9.59 Å². The Balaban J connectivity index is 2.15. The summed E-state index contributed by atoms with van der Waals surface area (Å²) in [5, 5.41) is 0.328. The van der Waals surface area contributed by atoms with Crippen molar-refractivity contribution < 1.29 is 28.7 Å². The molecule has 0 radical (unpaired) electrons. The van der Waals surface area contributed by atoms with Gasteiger partial charge in [-0.15, -0.1) is 0 Å². The van der Waals surface area contributed by atoms with Crippen molar-refractivity contribution in [1.29, 1.82) is 0 Å². The standard InChI is InChI=1S/C21H16N2O6/c1-22-10-9-12-13(20(26)28-2)15(21(27)29-3)14-16(17(12)22)19(25)23(18(14)24)11-7-5-4-6-8-11/h4-10H,1-3H3. The van der Waals surface area contributed by atoms with Gasteiger partial charge >= 0.3 is 11.9 Å². The summed E-state index contributed by atoms with van der Waals surface area (Å²) < 4.78 is 11.3. The van der Waals surface area contributed by atoms with E-state index in [0.29, 0.717) is 16.6 Å². The number of para-hydroxylation sites is 1. The Morgan fingerprint density at radius 1 is 0.828 bits per heavy atom. The van der Waals surface area contributed by atoms with Crippen LogP contribution >= 0.6 is 0 Å². The summed E-state index contributed by atoms with van der Waals surface area (Å²) >= 11 is 0. The molecule has 2 aromatic carbocycles. The van der Waals surface area contributed by atoms with Gasteiger partial charge in [0.25, 0.3) is 11.8 Å². The van der Waals surface area contributed by atoms with Gasteiger partial charge in [-0.25, -0.2) is 14.5 Å². The van der Waals surface area contributed by atoms with Crippen LogP contribution in [-0.2, 0) is 16.5 Å². The summed E-state index contributed by atoms with van der Waals surface area (Å²) in [5.41, 5.74) is 0.228. The number of esters is 2. The molecule has 8 heteroatoms. The van der Waals surface area contributed by atoms with Crippen LogP contribution in [0.3, 0.4) is 0 Å². The highest BCUT2D eigenvalue weighted by Crippen LogP contribution is 2.39. The summed E-state index contributed by atoms with van der Waals surface area (Å²) in [6.45, 7) is 0. The molecule has 2 heterocycles. The number of carbonyl (C=O) groups excluding carboxylic acids is 4. The fourth-order valence-electron chi connectivity index (χ4n) is 3.72. The molecule has 0 N–H and O–H groups in total. The molecule has 4 rings (SSSR count). The van der Waals surface area contributed by atoms with E-state index in [2.05, 4.69) is 0 Å². The highest BCUT2D eigenvalue weighted by atomic mass is 16.5. The van der Waals surface area contributed by atoms with E-state index in [9.17, 15) is 19.2 Å². The molecule has 0 atom stereocenters. The first-order chi connectivity index (χ1) is 13.9. The maximum atomic E-state index is 13.3. The van der Waals surface area contributed by atoms with E-state index in [-0.39, 0.29) is 22.3 Å². The van der Waals surface area contributed by atoms with Crippen LogP contribution in [-0.4, -0.2) is 42.5 Å². The number of hydrogen-bond donors (Lipinski definition) is 0. The van der Waals surface area contributed by atoms with Crippen LogP contribution in [0.15, 0.2) is 42.6 Å². The number of rotatable bonds is 3. The molecule has 8 nitrogen and oxygen atoms in total. The monoisotopic (exact) mass is 392 g/mol. The third-order valence-electron chi connectivity index (χ3n) is 4.96. The number of fused-ring (bicyclic) bond motifs is 3. The first-order valence-corrected chi connectivity index (χ1v) is 8.67. The first kappa shape index (κ1) is 18.4. The molecule has 0 saturated carbocycles. The first-order valence-electron chi connectivity index (χ1n) is 8.67. The lowest BCUT2D eigenvalue weighted by Crippen LogP contribution is -2.29. The molecule has 1 aromatic heterocycles. The molecule has 2 amide bonds. The second-order valence-electron chi connectivity index (χ2n) is 6.45. The molecular formula is C21H16N2O6. The number of aryl methyl sites for hydroxylation is 1. The van der Waals surface area contributed by atoms with Crippen LogP contribution in [0.5, 0.6) is 0 Å². The van der Waals surface area contributed by atoms with Gasteiger partial charge in [-0.2, -0.15) is 0 Å². The summed E-state index contributed by atoms with van der Waals surface area (Å²) in [6, 6.07) is 9.96. The number of methoxy groups -OCH3 is 2. The molecule has 3 aromatic rings. The predicted octanol–water partition coefficient (Wildman–Crippen LogP) is 2.55. The van der Waals surface area contributed by atoms with Gasteiger partial charge in [0, 0.05) is 18.6 Å².